The van der Waals surface area contributed by atoms with Gasteiger partial charge in [0, 0.05) is 42.2 Å². The highest BCUT2D eigenvalue weighted by atomic mass is 32.3. The van der Waals surface area contributed by atoms with Crippen molar-refractivity contribution in [3.8, 4) is 0 Å². The molecule has 5 rings (SSSR count). The number of piperidine rings is 1. The van der Waals surface area contributed by atoms with Crippen LogP contribution in [-0.2, 0) is 15.6 Å². The van der Waals surface area contributed by atoms with Gasteiger partial charge in [-0.05, 0) is 36.1 Å². The number of nitrogens with zero attached hydrogens (tertiary/aromatic N) is 4. The van der Waals surface area contributed by atoms with Gasteiger partial charge in [-0.3, -0.25) is 10.4 Å². The molecule has 39 heavy (non-hydrogen) atoms. The van der Waals surface area contributed by atoms with Gasteiger partial charge in [0.1, 0.15) is 22.2 Å². The number of hydrogen-bond donors (Lipinski definition) is 3. The van der Waals surface area contributed by atoms with Crippen molar-refractivity contribution in [1.82, 2.24) is 15.0 Å². The minimum Gasteiger partial charge on any atom is -0.382 e. The van der Waals surface area contributed by atoms with Gasteiger partial charge in [0.25, 0.3) is 0 Å². The molecule has 12 heteroatoms. The summed E-state index contributed by atoms with van der Waals surface area (Å²) in [7, 11) is -5.02. The Balaban J connectivity index is 1.43. The molecule has 0 amide bonds. The third-order valence-electron chi connectivity index (χ3n) is 7.65. The normalized spacial score (nSPS) is 19.8. The Morgan fingerprint density at radius 3 is 2.62 bits per heavy atom. The fourth-order valence-corrected chi connectivity index (χ4v) is 6.12. The minimum atomic E-state index is -5.02. The lowest BCUT2D eigenvalue weighted by Gasteiger charge is -2.47. The van der Waals surface area contributed by atoms with Crippen molar-refractivity contribution in [3.63, 3.8) is 0 Å². The van der Waals surface area contributed by atoms with Crippen LogP contribution in [0.15, 0.2) is 65.8 Å². The molecule has 0 saturated carbocycles. The average molecular weight is 552 g/mol. The molecule has 1 saturated heterocycles. The van der Waals surface area contributed by atoms with Gasteiger partial charge < -0.3 is 16.4 Å². The molecule has 0 bridgehead atoms. The van der Waals surface area contributed by atoms with E-state index < -0.39 is 20.5 Å². The summed E-state index contributed by atoms with van der Waals surface area (Å²) in [5, 5.41) is 9.01. The molecule has 2 aromatic carbocycles. The van der Waals surface area contributed by atoms with E-state index in [0.29, 0.717) is 37.4 Å². The number of nitrogens with one attached hydrogen (secondary N) is 1. The van der Waals surface area contributed by atoms with E-state index in [1.165, 1.54) is 24.5 Å². The van der Waals surface area contributed by atoms with E-state index in [4.69, 9.17) is 16.9 Å². The molecule has 4 aromatic rings. The van der Waals surface area contributed by atoms with Crippen molar-refractivity contribution in [2.75, 3.05) is 30.3 Å². The van der Waals surface area contributed by atoms with E-state index in [9.17, 15) is 16.7 Å². The van der Waals surface area contributed by atoms with Crippen molar-refractivity contribution in [1.29, 1.82) is 5.41 Å². The second-order valence-corrected chi connectivity index (χ2v) is 11.0. The first-order valence-corrected chi connectivity index (χ1v) is 13.7. The van der Waals surface area contributed by atoms with Crippen LogP contribution in [0.1, 0.15) is 30.2 Å². The minimum absolute atomic E-state index is 0.00156. The van der Waals surface area contributed by atoms with Crippen LogP contribution in [0.3, 0.4) is 0 Å². The standard InChI is InChI=1S/C27H27F2N7O2S/c1-16-14-36(12-10-27(16,15-30)19-6-2-3-7-20(19)28)22-13-34-25(26(32)35-22)23(31)17-8-9-21(39(29,37)38)24-18(17)5-4-11-33-24/h2-9,11,13,16,31H,10,12,14-15,30H2,1H3,(H2,32,35)/t16?,27-/m1/s1. The zero-order valence-electron chi connectivity index (χ0n) is 21.1. The van der Waals surface area contributed by atoms with Crippen molar-refractivity contribution in [2.45, 2.75) is 23.7 Å². The van der Waals surface area contributed by atoms with E-state index in [1.54, 1.807) is 24.3 Å². The average Bonchev–Trinajstić information content (AvgIpc) is 2.92. The summed E-state index contributed by atoms with van der Waals surface area (Å²) in [4.78, 5) is 14.4. The Morgan fingerprint density at radius 2 is 1.95 bits per heavy atom. The molecule has 1 aliphatic rings. The molecule has 202 valence electrons. The highest BCUT2D eigenvalue weighted by molar-refractivity contribution is 7.86. The van der Waals surface area contributed by atoms with Gasteiger partial charge in [-0.15, -0.1) is 3.89 Å². The van der Waals surface area contributed by atoms with E-state index >= 15 is 0 Å². The second kappa shape index (κ2) is 9.93. The molecule has 0 spiro atoms. The molecule has 2 aromatic heterocycles. The number of benzene rings is 2. The molecule has 3 heterocycles. The molecule has 0 aliphatic carbocycles. The maximum atomic E-state index is 14.7. The number of nitrogens with two attached hydrogens (primary N) is 2. The SMILES string of the molecule is CC1CN(c2cnc(C(=N)c3ccc(S(=O)(=O)F)c4ncccc34)c(N)n2)CC[C@]1(CN)c1ccccc1F. The highest BCUT2D eigenvalue weighted by Crippen LogP contribution is 2.41. The van der Waals surface area contributed by atoms with Crippen LogP contribution in [0.2, 0.25) is 0 Å². The first-order valence-electron chi connectivity index (χ1n) is 12.3. The third kappa shape index (κ3) is 4.59. The zero-order chi connectivity index (χ0) is 27.9. The fraction of sp³-hybridized carbons (Fsp3) is 0.259. The zero-order valence-corrected chi connectivity index (χ0v) is 21.9. The summed E-state index contributed by atoms with van der Waals surface area (Å²) >= 11 is 0. The molecule has 9 nitrogen and oxygen atoms in total. The Kier molecular flexibility index (Phi) is 6.77. The van der Waals surface area contributed by atoms with E-state index in [0.717, 1.165) is 6.07 Å². The van der Waals surface area contributed by atoms with Crippen LogP contribution in [0.5, 0.6) is 0 Å². The third-order valence-corrected chi connectivity index (χ3v) is 8.51. The van der Waals surface area contributed by atoms with Crippen LogP contribution in [0, 0.1) is 17.1 Å². The molecular weight excluding hydrogens is 524 g/mol. The maximum Gasteiger partial charge on any atom is 0.334 e. The van der Waals surface area contributed by atoms with Crippen LogP contribution >= 0.6 is 0 Å². The summed E-state index contributed by atoms with van der Waals surface area (Å²) in [5.41, 5.74) is 12.7. The van der Waals surface area contributed by atoms with Crippen molar-refractivity contribution in [3.05, 3.63) is 83.6 Å². The van der Waals surface area contributed by atoms with Gasteiger partial charge in [0.15, 0.2) is 5.82 Å². The topological polar surface area (TPSA) is 152 Å². The number of aromatic nitrogens is 3. The monoisotopic (exact) mass is 551 g/mol. The van der Waals surface area contributed by atoms with Crippen molar-refractivity contribution < 1.29 is 16.7 Å². The highest BCUT2D eigenvalue weighted by Gasteiger charge is 2.43. The van der Waals surface area contributed by atoms with Gasteiger partial charge in [-0.1, -0.05) is 37.3 Å². The van der Waals surface area contributed by atoms with E-state index in [-0.39, 0.29) is 45.4 Å². The summed E-state index contributed by atoms with van der Waals surface area (Å²) in [6.45, 7) is 3.44. The first kappa shape index (κ1) is 26.6. The summed E-state index contributed by atoms with van der Waals surface area (Å²) in [5.74, 6) is 0.253. The van der Waals surface area contributed by atoms with Gasteiger partial charge in [0.05, 0.1) is 17.4 Å². The summed E-state index contributed by atoms with van der Waals surface area (Å²) in [6, 6.07) is 12.2. The molecule has 1 aliphatic heterocycles. The number of rotatable bonds is 6. The number of pyridine rings is 1. The van der Waals surface area contributed by atoms with Gasteiger partial charge in [-0.2, -0.15) is 8.42 Å². The Morgan fingerprint density at radius 1 is 1.18 bits per heavy atom. The predicted octanol–water partition coefficient (Wildman–Crippen LogP) is 3.56. The van der Waals surface area contributed by atoms with Gasteiger partial charge in [-0.25, -0.2) is 14.4 Å². The number of anilines is 2. The fourth-order valence-electron chi connectivity index (χ4n) is 5.49. The Bertz CT molecular complexity index is 1700. The van der Waals surface area contributed by atoms with Crippen molar-refractivity contribution >= 4 is 38.5 Å². The Hall–Kier alpha value is -4.03. The smallest absolute Gasteiger partial charge is 0.334 e. The van der Waals surface area contributed by atoms with Crippen LogP contribution in [0.25, 0.3) is 10.9 Å². The van der Waals surface area contributed by atoms with Crippen LogP contribution in [-0.4, -0.2) is 48.7 Å². The molecular formula is C27H27F2N7O2S. The molecule has 1 fully saturated rings. The molecule has 1 unspecified atom stereocenters. The number of hydrogen-bond acceptors (Lipinski definition) is 9. The Labute approximate surface area is 224 Å². The first-order chi connectivity index (χ1) is 18.6. The summed E-state index contributed by atoms with van der Waals surface area (Å²) in [6.07, 6.45) is 3.47. The maximum absolute atomic E-state index is 14.7. The second-order valence-electron chi connectivity index (χ2n) is 9.72. The number of fused-ring (bicyclic) bond motifs is 1. The predicted molar refractivity (Wildman–Crippen MR) is 146 cm³/mol. The lowest BCUT2D eigenvalue weighted by molar-refractivity contribution is 0.236. The lowest BCUT2D eigenvalue weighted by atomic mass is 9.66. The largest absolute Gasteiger partial charge is 0.382 e. The lowest BCUT2D eigenvalue weighted by Crippen LogP contribution is -2.53. The molecule has 2 atom stereocenters. The van der Waals surface area contributed by atoms with E-state index in [2.05, 4.69) is 15.0 Å². The summed E-state index contributed by atoms with van der Waals surface area (Å²) < 4.78 is 51.7. The molecule has 0 radical (unpaired) electrons. The van der Waals surface area contributed by atoms with Gasteiger partial charge in [0.2, 0.25) is 0 Å². The van der Waals surface area contributed by atoms with Crippen LogP contribution in [0.4, 0.5) is 19.9 Å². The number of halogens is 2. The number of nitrogen functional groups attached to an aromatic ring is 1. The van der Waals surface area contributed by atoms with E-state index in [1.807, 2.05) is 17.9 Å². The quantitative estimate of drug-likeness (QED) is 0.243. The van der Waals surface area contributed by atoms with Crippen LogP contribution < -0.4 is 16.4 Å². The van der Waals surface area contributed by atoms with Gasteiger partial charge >= 0.3 is 10.2 Å². The molecule has 5 N–H and O–H groups in total. The van der Waals surface area contributed by atoms with Crippen molar-refractivity contribution in [2.24, 2.45) is 11.7 Å².